The van der Waals surface area contributed by atoms with Gasteiger partial charge in [-0.1, -0.05) is 19.1 Å². The van der Waals surface area contributed by atoms with Gasteiger partial charge in [0.2, 0.25) is 5.91 Å². The zero-order valence-electron chi connectivity index (χ0n) is 15.6. The highest BCUT2D eigenvalue weighted by molar-refractivity contribution is 7.92. The van der Waals surface area contributed by atoms with Crippen molar-refractivity contribution in [2.45, 2.75) is 24.7 Å². The van der Waals surface area contributed by atoms with Crippen LogP contribution in [0.5, 0.6) is 0 Å². The van der Waals surface area contributed by atoms with Gasteiger partial charge in [0, 0.05) is 18.8 Å². The Balaban J connectivity index is 0.00000392. The highest BCUT2D eigenvalue weighted by Gasteiger charge is 2.14. The molecule has 0 atom stereocenters. The number of nitrogens with one attached hydrogen (secondary N) is 3. The minimum atomic E-state index is -3.79. The summed E-state index contributed by atoms with van der Waals surface area (Å²) in [7, 11) is -3.79. The summed E-state index contributed by atoms with van der Waals surface area (Å²) >= 11 is 0. The van der Waals surface area contributed by atoms with E-state index in [9.17, 15) is 17.6 Å². The average molecular weight is 430 g/mol. The monoisotopic (exact) mass is 429 g/mol. The third-order valence-electron chi connectivity index (χ3n) is 3.75. The summed E-state index contributed by atoms with van der Waals surface area (Å²) in [5.74, 6) is -0.592. The van der Waals surface area contributed by atoms with Crippen LogP contribution in [0.15, 0.2) is 53.4 Å². The Morgan fingerprint density at radius 2 is 1.61 bits per heavy atom. The molecule has 0 heterocycles. The van der Waals surface area contributed by atoms with Crippen LogP contribution in [-0.2, 0) is 21.2 Å². The van der Waals surface area contributed by atoms with Crippen LogP contribution in [0.25, 0.3) is 0 Å². The van der Waals surface area contributed by atoms with E-state index in [1.54, 1.807) is 24.3 Å². The van der Waals surface area contributed by atoms with E-state index < -0.39 is 15.8 Å². The molecular formula is C19H25ClFN3O3S. The maximum atomic E-state index is 12.9. The molecule has 0 saturated heterocycles. The first-order chi connectivity index (χ1) is 12.9. The maximum Gasteiger partial charge on any atom is 0.261 e. The van der Waals surface area contributed by atoms with Gasteiger partial charge < -0.3 is 10.6 Å². The zero-order valence-corrected chi connectivity index (χ0v) is 17.2. The second-order valence-corrected chi connectivity index (χ2v) is 7.72. The highest BCUT2D eigenvalue weighted by Crippen LogP contribution is 2.17. The van der Waals surface area contributed by atoms with E-state index in [4.69, 9.17) is 0 Å². The summed E-state index contributed by atoms with van der Waals surface area (Å²) in [5, 5.41) is 6.02. The maximum absolute atomic E-state index is 12.9. The van der Waals surface area contributed by atoms with Crippen molar-refractivity contribution in [1.82, 2.24) is 10.6 Å². The highest BCUT2D eigenvalue weighted by atomic mass is 35.5. The van der Waals surface area contributed by atoms with E-state index >= 15 is 0 Å². The predicted molar refractivity (Wildman–Crippen MR) is 111 cm³/mol. The van der Waals surface area contributed by atoms with E-state index in [0.29, 0.717) is 12.2 Å². The van der Waals surface area contributed by atoms with Crippen molar-refractivity contribution in [1.29, 1.82) is 0 Å². The van der Waals surface area contributed by atoms with E-state index in [0.717, 1.165) is 37.2 Å². The molecule has 2 rings (SSSR count). The van der Waals surface area contributed by atoms with Crippen molar-refractivity contribution in [3.05, 3.63) is 59.9 Å². The lowest BCUT2D eigenvalue weighted by molar-refractivity contribution is -0.120. The minimum absolute atomic E-state index is 0. The summed E-state index contributed by atoms with van der Waals surface area (Å²) in [6.45, 7) is 4.29. The van der Waals surface area contributed by atoms with E-state index in [1.807, 2.05) is 0 Å². The summed E-state index contributed by atoms with van der Waals surface area (Å²) in [6, 6.07) is 11.1. The second kappa shape index (κ2) is 11.6. The number of sulfonamides is 1. The summed E-state index contributed by atoms with van der Waals surface area (Å²) in [4.78, 5) is 11.9. The van der Waals surface area contributed by atoms with Gasteiger partial charge in [-0.15, -0.1) is 12.4 Å². The van der Waals surface area contributed by atoms with Crippen LogP contribution in [0.1, 0.15) is 18.9 Å². The second-order valence-electron chi connectivity index (χ2n) is 6.03. The molecule has 0 fully saturated rings. The van der Waals surface area contributed by atoms with Crippen LogP contribution in [0.3, 0.4) is 0 Å². The Labute approximate surface area is 171 Å². The Morgan fingerprint density at radius 3 is 2.21 bits per heavy atom. The molecule has 9 heteroatoms. The Hall–Kier alpha value is -2.16. The minimum Gasteiger partial charge on any atom is -0.355 e. The number of carbonyl (C=O) groups excluding carboxylic acids is 1. The largest absolute Gasteiger partial charge is 0.355 e. The van der Waals surface area contributed by atoms with Crippen molar-refractivity contribution in [2.75, 3.05) is 24.4 Å². The molecule has 1 amide bonds. The SMILES string of the molecule is CCCNCCNC(=O)Cc1ccc(NS(=O)(=O)c2ccc(F)cc2)cc1.Cl. The van der Waals surface area contributed by atoms with Gasteiger partial charge in [0.05, 0.1) is 11.3 Å². The molecule has 2 aromatic carbocycles. The molecule has 0 aromatic heterocycles. The molecule has 0 radical (unpaired) electrons. The number of hydrogen-bond acceptors (Lipinski definition) is 4. The Kier molecular flexibility index (Phi) is 9.92. The Morgan fingerprint density at radius 1 is 0.964 bits per heavy atom. The number of halogens is 2. The number of rotatable bonds is 10. The standard InChI is InChI=1S/C19H24FN3O3S.ClH/c1-2-11-21-12-13-22-19(24)14-15-3-7-17(8-4-15)23-27(25,26)18-9-5-16(20)6-10-18;/h3-10,21,23H,2,11-14H2,1H3,(H,22,24);1H. The number of anilines is 1. The molecule has 0 aliphatic heterocycles. The molecule has 0 aliphatic rings. The first kappa shape index (κ1) is 23.9. The van der Waals surface area contributed by atoms with Crippen molar-refractivity contribution in [2.24, 2.45) is 0 Å². The quantitative estimate of drug-likeness (QED) is 0.507. The molecule has 0 spiro atoms. The fourth-order valence-electron chi connectivity index (χ4n) is 2.36. The van der Waals surface area contributed by atoms with Crippen molar-refractivity contribution in [3.63, 3.8) is 0 Å². The predicted octanol–water partition coefficient (Wildman–Crippen LogP) is 2.71. The molecule has 154 valence electrons. The fraction of sp³-hybridized carbons (Fsp3) is 0.316. The molecule has 0 unspecified atom stereocenters. The average Bonchev–Trinajstić information content (AvgIpc) is 2.63. The van der Waals surface area contributed by atoms with Crippen molar-refractivity contribution >= 4 is 34.0 Å². The first-order valence-corrected chi connectivity index (χ1v) is 10.2. The zero-order chi connectivity index (χ0) is 19.7. The van der Waals surface area contributed by atoms with Gasteiger partial charge in [-0.05, 0) is 54.9 Å². The lowest BCUT2D eigenvalue weighted by Crippen LogP contribution is -2.32. The molecule has 0 saturated carbocycles. The topological polar surface area (TPSA) is 87.3 Å². The number of amides is 1. The van der Waals surface area contributed by atoms with Crippen LogP contribution >= 0.6 is 12.4 Å². The van der Waals surface area contributed by atoms with Gasteiger partial charge in [0.15, 0.2) is 0 Å². The lowest BCUT2D eigenvalue weighted by atomic mass is 10.1. The molecule has 3 N–H and O–H groups in total. The van der Waals surface area contributed by atoms with Gasteiger partial charge in [0.1, 0.15) is 5.82 Å². The molecule has 0 bridgehead atoms. The Bertz CT molecular complexity index is 844. The third-order valence-corrected chi connectivity index (χ3v) is 5.14. The van der Waals surface area contributed by atoms with Crippen LogP contribution < -0.4 is 15.4 Å². The van der Waals surface area contributed by atoms with Crippen molar-refractivity contribution in [3.8, 4) is 0 Å². The van der Waals surface area contributed by atoms with Crippen molar-refractivity contribution < 1.29 is 17.6 Å². The van der Waals surface area contributed by atoms with Gasteiger partial charge in [-0.25, -0.2) is 12.8 Å². The van der Waals surface area contributed by atoms with Gasteiger partial charge in [-0.3, -0.25) is 9.52 Å². The lowest BCUT2D eigenvalue weighted by Gasteiger charge is -2.09. The molecule has 6 nitrogen and oxygen atoms in total. The summed E-state index contributed by atoms with van der Waals surface area (Å²) in [6.07, 6.45) is 1.27. The first-order valence-electron chi connectivity index (χ1n) is 8.75. The summed E-state index contributed by atoms with van der Waals surface area (Å²) in [5.41, 5.74) is 1.14. The van der Waals surface area contributed by atoms with Crippen LogP contribution in [0.2, 0.25) is 0 Å². The van der Waals surface area contributed by atoms with Gasteiger partial charge in [-0.2, -0.15) is 0 Å². The third kappa shape index (κ3) is 7.84. The number of carbonyl (C=O) groups is 1. The molecule has 2 aromatic rings. The molecular weight excluding hydrogens is 405 g/mol. The van der Waals surface area contributed by atoms with E-state index in [2.05, 4.69) is 22.3 Å². The summed E-state index contributed by atoms with van der Waals surface area (Å²) < 4.78 is 39.9. The normalized spacial score (nSPS) is 10.8. The smallest absolute Gasteiger partial charge is 0.261 e. The van der Waals surface area contributed by atoms with Gasteiger partial charge >= 0.3 is 0 Å². The van der Waals surface area contributed by atoms with Gasteiger partial charge in [0.25, 0.3) is 10.0 Å². The number of benzene rings is 2. The van der Waals surface area contributed by atoms with Crippen LogP contribution in [0.4, 0.5) is 10.1 Å². The fourth-order valence-corrected chi connectivity index (χ4v) is 3.42. The van der Waals surface area contributed by atoms with Crippen LogP contribution in [-0.4, -0.2) is 34.0 Å². The van der Waals surface area contributed by atoms with Crippen LogP contribution in [0, 0.1) is 5.82 Å². The number of hydrogen-bond donors (Lipinski definition) is 3. The molecule has 28 heavy (non-hydrogen) atoms. The van der Waals surface area contributed by atoms with E-state index in [-0.39, 0.29) is 29.6 Å². The molecule has 0 aliphatic carbocycles. The van der Waals surface area contributed by atoms with E-state index in [1.165, 1.54) is 12.1 Å².